The van der Waals surface area contributed by atoms with Gasteiger partial charge in [0, 0.05) is 22.4 Å². The molecule has 50 heavy (non-hydrogen) atoms. The van der Waals surface area contributed by atoms with Gasteiger partial charge in [0.2, 0.25) is 0 Å². The SMILES string of the molecule is N#Cc1cccc2cccc(-c3ccc(C(c4ccccc4)(c4ccccc4)c4ccc(N(c5ccccc5)c5ccccc5)cc4)cc3)c12. The van der Waals surface area contributed by atoms with Gasteiger partial charge in [-0.05, 0) is 81.2 Å². The summed E-state index contributed by atoms with van der Waals surface area (Å²) in [6, 6.07) is 75.2. The van der Waals surface area contributed by atoms with Crippen LogP contribution in [0.25, 0.3) is 21.9 Å². The van der Waals surface area contributed by atoms with Gasteiger partial charge in [-0.2, -0.15) is 5.26 Å². The molecule has 0 saturated heterocycles. The van der Waals surface area contributed by atoms with Crippen LogP contribution >= 0.6 is 0 Å². The molecule has 0 saturated carbocycles. The van der Waals surface area contributed by atoms with Crippen LogP contribution in [0.1, 0.15) is 27.8 Å². The van der Waals surface area contributed by atoms with Crippen LogP contribution in [0.15, 0.2) is 206 Å². The van der Waals surface area contributed by atoms with E-state index in [2.05, 4.69) is 205 Å². The van der Waals surface area contributed by atoms with Gasteiger partial charge in [0.25, 0.3) is 0 Å². The Bertz CT molecular complexity index is 2310. The topological polar surface area (TPSA) is 27.0 Å². The van der Waals surface area contributed by atoms with E-state index in [0.29, 0.717) is 5.56 Å². The molecule has 0 aliphatic carbocycles. The Labute approximate surface area is 293 Å². The molecule has 236 valence electrons. The third kappa shape index (κ3) is 5.42. The summed E-state index contributed by atoms with van der Waals surface area (Å²) in [6.45, 7) is 0. The lowest BCUT2D eigenvalue weighted by Gasteiger charge is -2.37. The lowest BCUT2D eigenvalue weighted by atomic mass is 9.65. The Kier molecular flexibility index (Phi) is 8.23. The van der Waals surface area contributed by atoms with Crippen LogP contribution in [0.5, 0.6) is 0 Å². The summed E-state index contributed by atoms with van der Waals surface area (Å²) in [4.78, 5) is 2.30. The lowest BCUT2D eigenvalue weighted by molar-refractivity contribution is 0.745. The molecule has 0 spiro atoms. The van der Waals surface area contributed by atoms with Crippen molar-refractivity contribution in [3.63, 3.8) is 0 Å². The average molecular weight is 639 g/mol. The van der Waals surface area contributed by atoms with Crippen molar-refractivity contribution >= 4 is 27.8 Å². The largest absolute Gasteiger partial charge is 0.311 e. The third-order valence-corrected chi connectivity index (χ3v) is 9.65. The Balaban J connectivity index is 1.32. The average Bonchev–Trinajstić information content (AvgIpc) is 3.20. The van der Waals surface area contributed by atoms with E-state index in [4.69, 9.17) is 0 Å². The van der Waals surface area contributed by atoms with Crippen LogP contribution in [0.4, 0.5) is 17.1 Å². The molecule has 2 heteroatoms. The molecule has 0 atom stereocenters. The number of rotatable bonds is 8. The van der Waals surface area contributed by atoms with Crippen molar-refractivity contribution in [2.75, 3.05) is 4.90 Å². The van der Waals surface area contributed by atoms with E-state index in [0.717, 1.165) is 44.5 Å². The molecule has 8 aromatic rings. The van der Waals surface area contributed by atoms with E-state index < -0.39 is 5.41 Å². The molecule has 0 unspecified atom stereocenters. The van der Waals surface area contributed by atoms with E-state index >= 15 is 0 Å². The number of para-hydroxylation sites is 2. The molecule has 0 N–H and O–H groups in total. The molecule has 0 aliphatic rings. The fraction of sp³-hybridized carbons (Fsp3) is 0.0208. The smallest absolute Gasteiger partial charge is 0.0998 e. The van der Waals surface area contributed by atoms with Gasteiger partial charge in [-0.3, -0.25) is 0 Å². The van der Waals surface area contributed by atoms with Gasteiger partial charge in [0.05, 0.1) is 17.0 Å². The summed E-state index contributed by atoms with van der Waals surface area (Å²) in [6.07, 6.45) is 0. The first-order valence-corrected chi connectivity index (χ1v) is 16.9. The van der Waals surface area contributed by atoms with Crippen molar-refractivity contribution in [2.45, 2.75) is 5.41 Å². The molecule has 0 radical (unpaired) electrons. The monoisotopic (exact) mass is 638 g/mol. The van der Waals surface area contributed by atoms with Crippen LogP contribution in [0, 0.1) is 11.3 Å². The molecule has 0 amide bonds. The zero-order valence-corrected chi connectivity index (χ0v) is 27.5. The van der Waals surface area contributed by atoms with E-state index in [1.165, 1.54) is 16.7 Å². The van der Waals surface area contributed by atoms with Crippen molar-refractivity contribution in [3.8, 4) is 17.2 Å². The third-order valence-electron chi connectivity index (χ3n) is 9.65. The van der Waals surface area contributed by atoms with E-state index in [-0.39, 0.29) is 0 Å². The van der Waals surface area contributed by atoms with E-state index in [9.17, 15) is 5.26 Å². The minimum atomic E-state index is -0.597. The first-order valence-electron chi connectivity index (χ1n) is 16.9. The highest BCUT2D eigenvalue weighted by Gasteiger charge is 2.38. The highest BCUT2D eigenvalue weighted by molar-refractivity contribution is 6.00. The molecular weight excluding hydrogens is 605 g/mol. The number of hydrogen-bond donors (Lipinski definition) is 0. The zero-order valence-electron chi connectivity index (χ0n) is 27.5. The quantitative estimate of drug-likeness (QED) is 0.155. The maximum absolute atomic E-state index is 9.97. The Hall–Kier alpha value is -6.69. The molecular formula is C48H34N2. The maximum Gasteiger partial charge on any atom is 0.0998 e. The predicted octanol–water partition coefficient (Wildman–Crippen LogP) is 12.2. The molecule has 8 rings (SSSR count). The Morgan fingerprint density at radius 2 is 0.800 bits per heavy atom. The van der Waals surface area contributed by atoms with Gasteiger partial charge < -0.3 is 4.90 Å². The Morgan fingerprint density at radius 3 is 1.30 bits per heavy atom. The number of anilines is 3. The standard InChI is InChI=1S/C48H34N2/c49-35-38-17-13-15-37-16-14-26-46(47(37)38)36-27-29-41(30-28-36)48(39-18-5-1-6-19-39,40-20-7-2-8-21-40)42-31-33-45(34-32-42)50(43-22-9-3-10-23-43)44-24-11-4-12-25-44/h1-34H. The van der Waals surface area contributed by atoms with Crippen molar-refractivity contribution in [2.24, 2.45) is 0 Å². The van der Waals surface area contributed by atoms with E-state index in [1.54, 1.807) is 0 Å². The van der Waals surface area contributed by atoms with Crippen LogP contribution < -0.4 is 4.90 Å². The molecule has 0 heterocycles. The molecule has 0 aromatic heterocycles. The normalized spacial score (nSPS) is 11.2. The second-order valence-electron chi connectivity index (χ2n) is 12.4. The second-order valence-corrected chi connectivity index (χ2v) is 12.4. The van der Waals surface area contributed by atoms with Gasteiger partial charge in [0.15, 0.2) is 0 Å². The summed E-state index contributed by atoms with van der Waals surface area (Å²) in [7, 11) is 0. The van der Waals surface area contributed by atoms with Gasteiger partial charge in [-0.15, -0.1) is 0 Å². The molecule has 8 aromatic carbocycles. The summed E-state index contributed by atoms with van der Waals surface area (Å²) >= 11 is 0. The highest BCUT2D eigenvalue weighted by Crippen LogP contribution is 2.47. The maximum atomic E-state index is 9.97. The fourth-order valence-corrected chi connectivity index (χ4v) is 7.41. The first-order chi connectivity index (χ1) is 24.8. The number of nitrogens with zero attached hydrogens (tertiary/aromatic N) is 2. The zero-order chi connectivity index (χ0) is 33.8. The summed E-state index contributed by atoms with van der Waals surface area (Å²) < 4.78 is 0. The summed E-state index contributed by atoms with van der Waals surface area (Å²) in [5, 5.41) is 12.0. The van der Waals surface area contributed by atoms with Crippen LogP contribution in [0.2, 0.25) is 0 Å². The van der Waals surface area contributed by atoms with Crippen molar-refractivity contribution in [1.29, 1.82) is 5.26 Å². The van der Waals surface area contributed by atoms with Gasteiger partial charge >= 0.3 is 0 Å². The summed E-state index contributed by atoms with van der Waals surface area (Å²) in [5.74, 6) is 0. The first kappa shape index (κ1) is 30.6. The fourth-order valence-electron chi connectivity index (χ4n) is 7.41. The molecule has 0 aliphatic heterocycles. The van der Waals surface area contributed by atoms with Crippen molar-refractivity contribution in [1.82, 2.24) is 0 Å². The number of fused-ring (bicyclic) bond motifs is 1. The van der Waals surface area contributed by atoms with Crippen molar-refractivity contribution < 1.29 is 0 Å². The van der Waals surface area contributed by atoms with Gasteiger partial charge in [0.1, 0.15) is 0 Å². The Morgan fingerprint density at radius 1 is 0.380 bits per heavy atom. The number of nitriles is 1. The highest BCUT2D eigenvalue weighted by atomic mass is 15.1. The van der Waals surface area contributed by atoms with Gasteiger partial charge in [-0.1, -0.05) is 164 Å². The number of benzene rings is 8. The van der Waals surface area contributed by atoms with Crippen LogP contribution in [-0.2, 0) is 5.41 Å². The van der Waals surface area contributed by atoms with Crippen LogP contribution in [0.3, 0.4) is 0 Å². The van der Waals surface area contributed by atoms with Crippen molar-refractivity contribution in [3.05, 3.63) is 234 Å². The van der Waals surface area contributed by atoms with E-state index in [1.807, 2.05) is 12.1 Å². The number of hydrogen-bond acceptors (Lipinski definition) is 2. The lowest BCUT2D eigenvalue weighted by Crippen LogP contribution is -2.31. The minimum Gasteiger partial charge on any atom is -0.311 e. The molecule has 0 fully saturated rings. The predicted molar refractivity (Wildman–Crippen MR) is 207 cm³/mol. The molecule has 2 nitrogen and oxygen atoms in total. The minimum absolute atomic E-state index is 0.597. The van der Waals surface area contributed by atoms with Crippen LogP contribution in [-0.4, -0.2) is 0 Å². The summed E-state index contributed by atoms with van der Waals surface area (Å²) in [5.41, 5.74) is 10.2. The second kappa shape index (κ2) is 13.4. The van der Waals surface area contributed by atoms with Gasteiger partial charge in [-0.25, -0.2) is 0 Å². The molecule has 0 bridgehead atoms.